The third-order valence-electron chi connectivity index (χ3n) is 3.57. The molecule has 0 fully saturated rings. The first-order valence-electron chi connectivity index (χ1n) is 6.34. The van der Waals surface area contributed by atoms with E-state index >= 15 is 0 Å². The summed E-state index contributed by atoms with van der Waals surface area (Å²) >= 11 is 0. The smallest absolute Gasteiger partial charge is 0.372 e. The van der Waals surface area contributed by atoms with Gasteiger partial charge in [0.1, 0.15) is 0 Å². The Bertz CT molecular complexity index is 578. The standard InChI is InChI=1S/C15H15NO3/c17-15(18)14-12(5-6-19-14)9-16-13-7-10-3-1-2-4-11(10)8-13/h1-6,13,16H,7-9H2,(H,17,18). The number of hydrogen-bond acceptors (Lipinski definition) is 3. The third kappa shape index (κ3) is 2.39. The van der Waals surface area contributed by atoms with Gasteiger partial charge in [0.05, 0.1) is 6.26 Å². The van der Waals surface area contributed by atoms with Crippen LogP contribution < -0.4 is 5.32 Å². The molecule has 1 aromatic carbocycles. The second-order valence-electron chi connectivity index (χ2n) is 4.83. The highest BCUT2D eigenvalue weighted by atomic mass is 16.4. The molecule has 3 rings (SSSR count). The predicted molar refractivity (Wildman–Crippen MR) is 70.1 cm³/mol. The lowest BCUT2D eigenvalue weighted by Crippen LogP contribution is -2.29. The van der Waals surface area contributed by atoms with Gasteiger partial charge in [0.15, 0.2) is 0 Å². The van der Waals surface area contributed by atoms with Gasteiger partial charge in [-0.2, -0.15) is 0 Å². The van der Waals surface area contributed by atoms with Gasteiger partial charge in [-0.3, -0.25) is 0 Å². The maximum atomic E-state index is 10.9. The normalized spacial score (nSPS) is 14.5. The largest absolute Gasteiger partial charge is 0.475 e. The lowest BCUT2D eigenvalue weighted by atomic mass is 10.1. The summed E-state index contributed by atoms with van der Waals surface area (Å²) in [5.41, 5.74) is 3.46. The Morgan fingerprint density at radius 3 is 2.58 bits per heavy atom. The molecule has 0 atom stereocenters. The van der Waals surface area contributed by atoms with E-state index in [2.05, 4.69) is 29.6 Å². The van der Waals surface area contributed by atoms with E-state index < -0.39 is 5.97 Å². The molecule has 19 heavy (non-hydrogen) atoms. The summed E-state index contributed by atoms with van der Waals surface area (Å²) in [5.74, 6) is -0.987. The fourth-order valence-electron chi connectivity index (χ4n) is 2.62. The molecule has 0 bridgehead atoms. The number of nitrogens with one attached hydrogen (secondary N) is 1. The molecule has 98 valence electrons. The third-order valence-corrected chi connectivity index (χ3v) is 3.57. The van der Waals surface area contributed by atoms with Crippen molar-refractivity contribution in [1.82, 2.24) is 5.32 Å². The monoisotopic (exact) mass is 257 g/mol. The molecule has 1 heterocycles. The number of hydrogen-bond donors (Lipinski definition) is 2. The van der Waals surface area contributed by atoms with E-state index in [1.807, 2.05) is 0 Å². The van der Waals surface area contributed by atoms with E-state index in [9.17, 15) is 4.79 Å². The Kier molecular flexibility index (Phi) is 3.09. The van der Waals surface area contributed by atoms with Crippen LogP contribution in [-0.4, -0.2) is 17.1 Å². The lowest BCUT2D eigenvalue weighted by molar-refractivity contribution is 0.0660. The van der Waals surface area contributed by atoms with Crippen LogP contribution in [0.1, 0.15) is 27.2 Å². The molecule has 0 spiro atoms. The number of fused-ring (bicyclic) bond motifs is 1. The quantitative estimate of drug-likeness (QED) is 0.881. The first-order chi connectivity index (χ1) is 9.24. The summed E-state index contributed by atoms with van der Waals surface area (Å²) in [5, 5.41) is 12.4. The molecule has 0 saturated heterocycles. The average molecular weight is 257 g/mol. The molecule has 1 aliphatic carbocycles. The van der Waals surface area contributed by atoms with Crippen LogP contribution in [0.15, 0.2) is 41.0 Å². The molecule has 2 aromatic rings. The summed E-state index contributed by atoms with van der Waals surface area (Å²) in [6.45, 7) is 0.525. The topological polar surface area (TPSA) is 62.5 Å². The van der Waals surface area contributed by atoms with Gasteiger partial charge >= 0.3 is 5.97 Å². The van der Waals surface area contributed by atoms with Crippen molar-refractivity contribution < 1.29 is 14.3 Å². The number of carbonyl (C=O) groups is 1. The van der Waals surface area contributed by atoms with Crippen molar-refractivity contribution >= 4 is 5.97 Å². The summed E-state index contributed by atoms with van der Waals surface area (Å²) in [7, 11) is 0. The van der Waals surface area contributed by atoms with Gasteiger partial charge in [-0.1, -0.05) is 24.3 Å². The van der Waals surface area contributed by atoms with Gasteiger partial charge in [0.25, 0.3) is 0 Å². The Morgan fingerprint density at radius 2 is 1.95 bits per heavy atom. The lowest BCUT2D eigenvalue weighted by Gasteiger charge is -2.11. The number of carboxylic acids is 1. The van der Waals surface area contributed by atoms with Crippen LogP contribution in [0.5, 0.6) is 0 Å². The average Bonchev–Trinajstić information content (AvgIpc) is 3.02. The second kappa shape index (κ2) is 4.90. The maximum Gasteiger partial charge on any atom is 0.372 e. The molecule has 2 N–H and O–H groups in total. The van der Waals surface area contributed by atoms with Crippen molar-refractivity contribution in [3.05, 3.63) is 59.0 Å². The van der Waals surface area contributed by atoms with E-state index in [4.69, 9.17) is 9.52 Å². The van der Waals surface area contributed by atoms with Crippen molar-refractivity contribution in [3.8, 4) is 0 Å². The Hall–Kier alpha value is -2.07. The van der Waals surface area contributed by atoms with Gasteiger partial charge in [0.2, 0.25) is 5.76 Å². The van der Waals surface area contributed by atoms with E-state index in [0.29, 0.717) is 18.2 Å². The zero-order valence-corrected chi connectivity index (χ0v) is 10.4. The van der Waals surface area contributed by atoms with Gasteiger partial charge in [-0.15, -0.1) is 0 Å². The minimum absolute atomic E-state index is 0.0306. The number of carboxylic acid groups (broad SMARTS) is 1. The molecular formula is C15H15NO3. The second-order valence-corrected chi connectivity index (χ2v) is 4.83. The highest BCUT2D eigenvalue weighted by molar-refractivity contribution is 5.86. The van der Waals surface area contributed by atoms with Crippen LogP contribution in [0.4, 0.5) is 0 Å². The van der Waals surface area contributed by atoms with Crippen LogP contribution in [0.2, 0.25) is 0 Å². The maximum absolute atomic E-state index is 10.9. The van der Waals surface area contributed by atoms with Crippen molar-refractivity contribution in [2.45, 2.75) is 25.4 Å². The zero-order chi connectivity index (χ0) is 13.2. The van der Waals surface area contributed by atoms with Crippen molar-refractivity contribution in [1.29, 1.82) is 0 Å². The highest BCUT2D eigenvalue weighted by Crippen LogP contribution is 2.22. The summed E-state index contributed by atoms with van der Waals surface area (Å²) in [6.07, 6.45) is 3.41. The first-order valence-corrected chi connectivity index (χ1v) is 6.34. The van der Waals surface area contributed by atoms with Crippen LogP contribution in [0.25, 0.3) is 0 Å². The summed E-state index contributed by atoms with van der Waals surface area (Å²) in [6, 6.07) is 10.5. The van der Waals surface area contributed by atoms with Gasteiger partial charge < -0.3 is 14.8 Å². The molecule has 4 nitrogen and oxygen atoms in total. The minimum atomic E-state index is -1.02. The fraction of sp³-hybridized carbons (Fsp3) is 0.267. The molecular weight excluding hydrogens is 242 g/mol. The number of aromatic carboxylic acids is 1. The van der Waals surface area contributed by atoms with Crippen LogP contribution in [0, 0.1) is 0 Å². The van der Waals surface area contributed by atoms with Crippen LogP contribution in [-0.2, 0) is 19.4 Å². The predicted octanol–water partition coefficient (Wildman–Crippen LogP) is 2.23. The van der Waals surface area contributed by atoms with Crippen molar-refractivity contribution in [2.75, 3.05) is 0 Å². The Balaban J connectivity index is 1.63. The van der Waals surface area contributed by atoms with E-state index in [0.717, 1.165) is 12.8 Å². The zero-order valence-electron chi connectivity index (χ0n) is 10.4. The van der Waals surface area contributed by atoms with E-state index in [1.165, 1.54) is 17.4 Å². The minimum Gasteiger partial charge on any atom is -0.475 e. The SMILES string of the molecule is O=C(O)c1occc1CNC1Cc2ccccc2C1. The number of furan rings is 1. The molecule has 0 unspecified atom stereocenters. The van der Waals surface area contributed by atoms with Crippen molar-refractivity contribution in [2.24, 2.45) is 0 Å². The van der Waals surface area contributed by atoms with Gasteiger partial charge in [0, 0.05) is 18.2 Å². The molecule has 4 heteroatoms. The van der Waals surface area contributed by atoms with Gasteiger partial charge in [-0.25, -0.2) is 4.79 Å². The molecule has 0 saturated carbocycles. The molecule has 1 aromatic heterocycles. The summed E-state index contributed by atoms with van der Waals surface area (Å²) in [4.78, 5) is 10.9. The van der Waals surface area contributed by atoms with Crippen LogP contribution in [0.3, 0.4) is 0 Å². The number of rotatable bonds is 4. The number of benzene rings is 1. The van der Waals surface area contributed by atoms with Crippen molar-refractivity contribution in [3.63, 3.8) is 0 Å². The van der Waals surface area contributed by atoms with E-state index in [1.54, 1.807) is 6.07 Å². The molecule has 1 aliphatic rings. The summed E-state index contributed by atoms with van der Waals surface area (Å²) < 4.78 is 4.96. The molecule has 0 aliphatic heterocycles. The fourth-order valence-corrected chi connectivity index (χ4v) is 2.62. The first kappa shape index (κ1) is 12.0. The molecule has 0 radical (unpaired) electrons. The van der Waals surface area contributed by atoms with Crippen LogP contribution >= 0.6 is 0 Å². The van der Waals surface area contributed by atoms with Gasteiger partial charge in [-0.05, 0) is 30.0 Å². The molecule has 0 amide bonds. The van der Waals surface area contributed by atoms with E-state index in [-0.39, 0.29) is 5.76 Å². The Morgan fingerprint density at radius 1 is 1.26 bits per heavy atom. The highest BCUT2D eigenvalue weighted by Gasteiger charge is 2.21. The Labute approximate surface area is 111 Å².